The van der Waals surface area contributed by atoms with Gasteiger partial charge in [-0.1, -0.05) is 49.4 Å². The molecule has 154 valence electrons. The van der Waals surface area contributed by atoms with Crippen molar-refractivity contribution < 1.29 is 19.8 Å². The van der Waals surface area contributed by atoms with E-state index in [0.29, 0.717) is 38.9 Å². The normalized spacial score (nSPS) is 16.8. The lowest BCUT2D eigenvalue weighted by molar-refractivity contribution is -0.138. The molecule has 1 fully saturated rings. The molecule has 0 aromatic heterocycles. The Balaban J connectivity index is 1.52. The number of carbonyl (C=O) groups excluding carboxylic acids is 1. The van der Waals surface area contributed by atoms with Gasteiger partial charge >= 0.3 is 5.97 Å². The largest absolute Gasteiger partial charge is 0.478 e. The molecule has 0 unspecified atom stereocenters. The second kappa shape index (κ2) is 9.67. The number of hydrogen-bond acceptors (Lipinski definition) is 4. The Bertz CT molecular complexity index is 823. The first-order valence-electron chi connectivity index (χ1n) is 10.1. The number of hydrogen-bond donors (Lipinski definition) is 2. The fourth-order valence-electron chi connectivity index (χ4n) is 3.69. The van der Waals surface area contributed by atoms with Crippen molar-refractivity contribution in [3.63, 3.8) is 0 Å². The van der Waals surface area contributed by atoms with E-state index in [1.807, 2.05) is 42.3 Å². The van der Waals surface area contributed by atoms with Crippen LogP contribution < -0.4 is 0 Å². The van der Waals surface area contributed by atoms with Crippen LogP contribution in [0.3, 0.4) is 0 Å². The monoisotopic (exact) mass is 396 g/mol. The van der Waals surface area contributed by atoms with E-state index in [4.69, 9.17) is 5.11 Å². The Morgan fingerprint density at radius 1 is 1.07 bits per heavy atom. The average Bonchev–Trinajstić information content (AvgIpc) is 3.10. The number of hydrazine groups is 1. The third-order valence-electron chi connectivity index (χ3n) is 5.61. The van der Waals surface area contributed by atoms with Crippen molar-refractivity contribution in [1.82, 2.24) is 10.0 Å². The Morgan fingerprint density at radius 3 is 2.41 bits per heavy atom. The molecule has 1 saturated heterocycles. The number of benzene rings is 2. The molecular formula is C23H28N2O4. The molecule has 2 aromatic rings. The number of amides is 1. The lowest BCUT2D eigenvalue weighted by atomic mass is 9.93. The van der Waals surface area contributed by atoms with Crippen LogP contribution in [0.15, 0.2) is 54.6 Å². The fraction of sp³-hybridized carbons (Fsp3) is 0.391. The van der Waals surface area contributed by atoms with Gasteiger partial charge in [0.1, 0.15) is 0 Å². The summed E-state index contributed by atoms with van der Waals surface area (Å²) < 4.78 is 0. The first-order valence-corrected chi connectivity index (χ1v) is 10.1. The molecule has 1 heterocycles. The van der Waals surface area contributed by atoms with Gasteiger partial charge in [-0.25, -0.2) is 9.80 Å². The van der Waals surface area contributed by atoms with Gasteiger partial charge in [-0.2, -0.15) is 0 Å². The minimum absolute atomic E-state index is 0.0377. The van der Waals surface area contributed by atoms with E-state index in [1.54, 1.807) is 29.3 Å². The summed E-state index contributed by atoms with van der Waals surface area (Å²) in [5, 5.41) is 23.4. The van der Waals surface area contributed by atoms with Gasteiger partial charge in [0.05, 0.1) is 11.7 Å². The van der Waals surface area contributed by atoms with Crippen LogP contribution in [0.4, 0.5) is 0 Å². The summed E-state index contributed by atoms with van der Waals surface area (Å²) in [5.41, 5.74) is 2.36. The summed E-state index contributed by atoms with van der Waals surface area (Å²) in [6, 6.07) is 16.7. The average molecular weight is 396 g/mol. The molecular weight excluding hydrogens is 368 g/mol. The first-order chi connectivity index (χ1) is 14.0. The highest BCUT2D eigenvalue weighted by molar-refractivity contribution is 5.87. The van der Waals surface area contributed by atoms with Gasteiger partial charge in [0, 0.05) is 32.0 Å². The molecule has 0 bridgehead atoms. The Labute approximate surface area is 171 Å². The number of nitrogens with zero attached hydrogens (tertiary/aromatic N) is 2. The van der Waals surface area contributed by atoms with Crippen molar-refractivity contribution in [3.8, 4) is 0 Å². The Kier molecular flexibility index (Phi) is 7.01. The maximum absolute atomic E-state index is 12.3. The number of aliphatic hydroxyl groups excluding tert-OH is 1. The predicted octanol–water partition coefficient (Wildman–Crippen LogP) is 2.93. The molecule has 3 rings (SSSR count). The van der Waals surface area contributed by atoms with Crippen molar-refractivity contribution in [1.29, 1.82) is 0 Å². The zero-order valence-electron chi connectivity index (χ0n) is 16.7. The number of aromatic carboxylic acids is 1. The number of carboxylic acids is 1. The molecule has 6 heteroatoms. The third kappa shape index (κ3) is 5.43. The van der Waals surface area contributed by atoms with Crippen LogP contribution in [0.5, 0.6) is 0 Å². The van der Waals surface area contributed by atoms with E-state index in [9.17, 15) is 14.7 Å². The van der Waals surface area contributed by atoms with Gasteiger partial charge < -0.3 is 10.2 Å². The predicted molar refractivity (Wildman–Crippen MR) is 110 cm³/mol. The second-order valence-corrected chi connectivity index (χ2v) is 7.53. The summed E-state index contributed by atoms with van der Waals surface area (Å²) in [5.74, 6) is -0.811. The van der Waals surface area contributed by atoms with Gasteiger partial charge in [0.2, 0.25) is 5.91 Å². The lowest BCUT2D eigenvalue weighted by Crippen LogP contribution is -2.42. The van der Waals surface area contributed by atoms with E-state index < -0.39 is 12.1 Å². The number of carboxylic acid groups (broad SMARTS) is 1. The highest BCUT2D eigenvalue weighted by Crippen LogP contribution is 2.22. The van der Waals surface area contributed by atoms with Crippen molar-refractivity contribution in [2.75, 3.05) is 19.6 Å². The minimum Gasteiger partial charge on any atom is -0.478 e. The molecule has 0 radical (unpaired) electrons. The smallest absolute Gasteiger partial charge is 0.335 e. The molecule has 0 spiro atoms. The summed E-state index contributed by atoms with van der Waals surface area (Å²) in [6.45, 7) is 3.87. The molecule has 2 N–H and O–H groups in total. The highest BCUT2D eigenvalue weighted by atomic mass is 16.4. The van der Waals surface area contributed by atoms with Crippen molar-refractivity contribution in [2.45, 2.75) is 38.2 Å². The van der Waals surface area contributed by atoms with Crippen LogP contribution in [0.1, 0.15) is 47.2 Å². The zero-order valence-corrected chi connectivity index (χ0v) is 16.7. The molecule has 29 heavy (non-hydrogen) atoms. The van der Waals surface area contributed by atoms with Gasteiger partial charge in [-0.05, 0) is 36.1 Å². The van der Waals surface area contributed by atoms with Crippen LogP contribution in [0, 0.1) is 0 Å². The standard InChI is InChI=1S/C23H28N2O4/c1-17(19-5-3-2-4-6-19)21(26)12-14-24-15-13-22(27)25(24)16-11-18-7-9-20(10-8-18)23(28)29/h2-10,17,21,26H,11-16H2,1H3,(H,28,29)/t17-,21+/m0/s1. The summed E-state index contributed by atoms with van der Waals surface area (Å²) in [7, 11) is 0. The molecule has 6 nitrogen and oxygen atoms in total. The Hall–Kier alpha value is -2.70. The molecule has 1 amide bonds. The topological polar surface area (TPSA) is 81.1 Å². The van der Waals surface area contributed by atoms with Crippen molar-refractivity contribution in [2.24, 2.45) is 0 Å². The number of aliphatic hydroxyl groups is 1. The van der Waals surface area contributed by atoms with Crippen LogP contribution in [-0.2, 0) is 11.2 Å². The fourth-order valence-corrected chi connectivity index (χ4v) is 3.69. The molecule has 2 aromatic carbocycles. The van der Waals surface area contributed by atoms with Gasteiger partial charge in [0.25, 0.3) is 0 Å². The maximum Gasteiger partial charge on any atom is 0.335 e. The summed E-state index contributed by atoms with van der Waals surface area (Å²) >= 11 is 0. The first kappa shape index (κ1) is 21.0. The SMILES string of the molecule is C[C@@H](c1ccccc1)[C@H](O)CCN1CCC(=O)N1CCc1ccc(C(=O)O)cc1. The molecule has 1 aliphatic rings. The second-order valence-electron chi connectivity index (χ2n) is 7.53. The van der Waals surface area contributed by atoms with Gasteiger partial charge in [-0.3, -0.25) is 9.80 Å². The van der Waals surface area contributed by atoms with Crippen LogP contribution in [0.25, 0.3) is 0 Å². The minimum atomic E-state index is -0.944. The van der Waals surface area contributed by atoms with Crippen molar-refractivity contribution in [3.05, 3.63) is 71.3 Å². The van der Waals surface area contributed by atoms with E-state index in [0.717, 1.165) is 11.1 Å². The van der Waals surface area contributed by atoms with Crippen molar-refractivity contribution >= 4 is 11.9 Å². The Morgan fingerprint density at radius 2 is 1.76 bits per heavy atom. The third-order valence-corrected chi connectivity index (χ3v) is 5.61. The van der Waals surface area contributed by atoms with Gasteiger partial charge in [-0.15, -0.1) is 0 Å². The summed E-state index contributed by atoms with van der Waals surface area (Å²) in [4.78, 5) is 23.2. The van der Waals surface area contributed by atoms with Crippen LogP contribution in [0.2, 0.25) is 0 Å². The van der Waals surface area contributed by atoms with E-state index in [2.05, 4.69) is 0 Å². The maximum atomic E-state index is 12.3. The van der Waals surface area contributed by atoms with E-state index in [-0.39, 0.29) is 17.4 Å². The van der Waals surface area contributed by atoms with Crippen LogP contribution >= 0.6 is 0 Å². The molecule has 1 aliphatic heterocycles. The lowest BCUT2D eigenvalue weighted by Gasteiger charge is -2.29. The van der Waals surface area contributed by atoms with Gasteiger partial charge in [0.15, 0.2) is 0 Å². The van der Waals surface area contributed by atoms with E-state index in [1.165, 1.54) is 0 Å². The molecule has 2 atom stereocenters. The highest BCUT2D eigenvalue weighted by Gasteiger charge is 2.29. The number of carbonyl (C=O) groups is 2. The van der Waals surface area contributed by atoms with Crippen LogP contribution in [-0.4, -0.2) is 57.8 Å². The zero-order chi connectivity index (χ0) is 20.8. The molecule has 0 saturated carbocycles. The summed E-state index contributed by atoms with van der Waals surface area (Å²) in [6.07, 6.45) is 1.26. The number of rotatable bonds is 9. The molecule has 0 aliphatic carbocycles. The van der Waals surface area contributed by atoms with E-state index >= 15 is 0 Å². The quantitative estimate of drug-likeness (QED) is 0.681.